The number of hydrogen-bond donors (Lipinski definition) is 2. The summed E-state index contributed by atoms with van der Waals surface area (Å²) in [5.41, 5.74) is 12.0. The van der Waals surface area contributed by atoms with Crippen molar-refractivity contribution in [3.05, 3.63) is 249 Å². The molecule has 5 heterocycles. The van der Waals surface area contributed by atoms with E-state index in [1.165, 1.54) is 44.4 Å². The second-order valence-corrected chi connectivity index (χ2v) is 26.6. The number of aliphatic hydroxyl groups is 1. The van der Waals surface area contributed by atoms with E-state index >= 15 is 0 Å². The molecule has 0 saturated carbocycles. The van der Waals surface area contributed by atoms with E-state index in [4.69, 9.17) is 34.7 Å². The van der Waals surface area contributed by atoms with Gasteiger partial charge in [0, 0.05) is 80.0 Å². The summed E-state index contributed by atoms with van der Waals surface area (Å²) in [6, 6.07) is 53.7. The van der Waals surface area contributed by atoms with Crippen LogP contribution in [0.25, 0.3) is 0 Å². The van der Waals surface area contributed by atoms with Crippen molar-refractivity contribution in [3.8, 4) is 0 Å². The Labute approximate surface area is 703 Å². The number of rotatable bonds is 36. The quantitative estimate of drug-likeness (QED) is 0.0108. The first kappa shape index (κ1) is 97.0. The molecule has 11 amide bonds. The molecular weight excluding hydrogens is 1520 g/mol. The number of benzene rings is 7. The summed E-state index contributed by atoms with van der Waals surface area (Å²) < 4.78 is 25.7. The molecule has 0 aliphatic carbocycles. The monoisotopic (exact) mass is 1620 g/mol. The number of nitrogens with zero attached hydrogens (tertiary/aromatic N) is 5. The van der Waals surface area contributed by atoms with Gasteiger partial charge in [-0.3, -0.25) is 81.9 Å². The van der Waals surface area contributed by atoms with Gasteiger partial charge in [0.25, 0.3) is 71.5 Å². The van der Waals surface area contributed by atoms with Crippen LogP contribution in [0.4, 0.5) is 0 Å². The minimum atomic E-state index is -0.645. The summed E-state index contributed by atoms with van der Waals surface area (Å²) in [5.74, 6) is -3.53. The van der Waals surface area contributed by atoms with Gasteiger partial charge in [-0.2, -0.15) is 0 Å². The minimum Gasteiger partial charge on any atom is -0.662 e. The molecule has 5 aliphatic heterocycles. The Kier molecular flexibility index (Phi) is 43.8. The first-order chi connectivity index (χ1) is 56.2. The van der Waals surface area contributed by atoms with Crippen LogP contribution in [0.15, 0.2) is 182 Å². The average molecular weight is 1620 g/mol. The van der Waals surface area contributed by atoms with Crippen LogP contribution in [-0.4, -0.2) is 219 Å². The number of carbonyl (C=O) groups excluding carboxylic acids is 14. The van der Waals surface area contributed by atoms with Crippen molar-refractivity contribution in [2.45, 2.75) is 122 Å². The number of unbranched alkanes of at least 4 members (excludes halogenated alkanes) is 1. The maximum Gasteiger partial charge on any atom is 1.00 e. The number of aldehydes is 1. The maximum absolute atomic E-state index is 12.2. The summed E-state index contributed by atoms with van der Waals surface area (Å²) in [4.78, 5) is 171. The van der Waals surface area contributed by atoms with E-state index in [1.54, 1.807) is 123 Å². The molecule has 0 fully saturated rings. The SMILES string of the molecule is CCOC(CCCN)COC.CCOC(CCCN1C(=O)c2ccccc2C1=O)COC.COCC(=O)N1C(=O)c2ccccc2C1=O.O=C(CCCN1C(=O)c2ccccc2C1=O)CCc1ccccc1.O=C1c2ccccc2C(=O)N1CCCC(O)CCc1ccccc1.O=CCCCN1C(=O)c2ccccc2C1=O.O=CO[O-].[Na+]. The molecular formula is C88H101N6NaO22. The fraction of sp³-hybridized carbons (Fsp3) is 0.364. The van der Waals surface area contributed by atoms with Crippen LogP contribution in [-0.2, 0) is 60.6 Å². The third-order valence-corrected chi connectivity index (χ3v) is 18.6. The number of carbonyl (C=O) groups is 14. The number of hydrogen-bond acceptors (Lipinski definition) is 23. The Bertz CT molecular complexity index is 4260. The van der Waals surface area contributed by atoms with Crippen molar-refractivity contribution < 1.29 is 136 Å². The number of amides is 11. The van der Waals surface area contributed by atoms with Crippen LogP contribution in [0.2, 0.25) is 0 Å². The number of ether oxygens (including phenoxy) is 5. The zero-order valence-corrected chi connectivity index (χ0v) is 69.0. The van der Waals surface area contributed by atoms with E-state index in [2.05, 4.69) is 9.62 Å². The van der Waals surface area contributed by atoms with Gasteiger partial charge >= 0.3 is 29.6 Å². The number of Topliss-reactive ketones (excluding diaryl/α,β-unsaturated/α-hetero) is 1. The second kappa shape index (κ2) is 52.9. The van der Waals surface area contributed by atoms with Gasteiger partial charge in [0.1, 0.15) is 18.7 Å². The van der Waals surface area contributed by atoms with Crippen LogP contribution >= 0.6 is 0 Å². The summed E-state index contributed by atoms with van der Waals surface area (Å²) in [5, 5.41) is 18.5. The number of nitrogens with two attached hydrogens (primary N) is 1. The maximum atomic E-state index is 12.2. The van der Waals surface area contributed by atoms with Crippen LogP contribution in [0.5, 0.6) is 0 Å². The van der Waals surface area contributed by atoms with Gasteiger partial charge in [-0.1, -0.05) is 121 Å². The largest absolute Gasteiger partial charge is 1.00 e. The zero-order valence-electron chi connectivity index (χ0n) is 67.0. The summed E-state index contributed by atoms with van der Waals surface area (Å²) >= 11 is 0. The van der Waals surface area contributed by atoms with Crippen molar-refractivity contribution in [2.75, 3.05) is 87.1 Å². The fourth-order valence-corrected chi connectivity index (χ4v) is 12.9. The Morgan fingerprint density at radius 2 is 0.718 bits per heavy atom. The van der Waals surface area contributed by atoms with E-state index in [1.807, 2.05) is 74.5 Å². The topological polar surface area (TPSA) is 380 Å². The molecule has 3 atom stereocenters. The molecule has 7 aromatic carbocycles. The first-order valence-corrected chi connectivity index (χ1v) is 38.4. The van der Waals surface area contributed by atoms with Crippen LogP contribution in [0.1, 0.15) is 206 Å². The van der Waals surface area contributed by atoms with Gasteiger partial charge in [0.15, 0.2) is 0 Å². The molecule has 3 unspecified atom stereocenters. The molecule has 0 spiro atoms. The van der Waals surface area contributed by atoms with Crippen molar-refractivity contribution in [1.82, 2.24) is 24.5 Å². The molecule has 12 rings (SSSR count). The molecule has 29 heteroatoms. The number of imide groups is 7. The molecule has 28 nitrogen and oxygen atoms in total. The van der Waals surface area contributed by atoms with E-state index < -0.39 is 23.8 Å². The van der Waals surface area contributed by atoms with Crippen LogP contribution in [0.3, 0.4) is 0 Å². The third kappa shape index (κ3) is 28.9. The number of methoxy groups -OCH3 is 3. The van der Waals surface area contributed by atoms with Crippen LogP contribution in [0, 0.1) is 0 Å². The van der Waals surface area contributed by atoms with Crippen molar-refractivity contribution >= 4 is 83.5 Å². The smallest absolute Gasteiger partial charge is 0.662 e. The molecule has 0 aromatic heterocycles. The number of aryl methyl sites for hydroxylation is 2. The Hall–Kier alpha value is -10.6. The number of ketones is 1. The standard InChI is InChI=1S/C20H21NO3.C20H19NO3.C16H21NO4.C12H11NO3.C11H9NO4.C8H19NO2.CH2O3.Na/c2*22-16(13-12-15-7-2-1-3-8-15)9-6-14-21-19(23)17-10-4-5-11-18(17)20(21)24;1-3-21-12(11-20-2)7-6-10-17-15(18)13-8-4-5-9-14(13)16(17)19;14-8-4-3-7-13-11(15)9-5-1-2-6-10(9)12(13)16;1-16-6-9(13)12-10(14)7-4-2-3-5-8(7)11(12)15;1-3-11-8(7-10-2)5-4-6-9;2-1-4-3;/h1-5,7-8,10-11,16,22H,6,9,12-14H2;1-5,7-8,10-11H,6,9,12-14H2;4-5,8-9,12H,3,6-7,10-11H2,1-2H3;1-2,5-6,8H,3-4,7H2;2-5H,6H2,1H3;8H,3-7,9H2,1-2H3;1,3H;/q;;;;;;;+1/p-1. The van der Waals surface area contributed by atoms with Gasteiger partial charge in [0.05, 0.1) is 87.2 Å². The summed E-state index contributed by atoms with van der Waals surface area (Å²) in [6.45, 7) is 8.14. The van der Waals surface area contributed by atoms with E-state index in [9.17, 15) is 67.4 Å². The second-order valence-electron chi connectivity index (χ2n) is 26.6. The van der Waals surface area contributed by atoms with Gasteiger partial charge in [-0.15, -0.1) is 0 Å². The molecule has 7 aromatic rings. The summed E-state index contributed by atoms with van der Waals surface area (Å²) in [7, 11) is 4.65. The molecule has 3 N–H and O–H groups in total. The van der Waals surface area contributed by atoms with E-state index in [0.717, 1.165) is 57.1 Å². The number of fused-ring (bicyclic) bond motifs is 5. The van der Waals surface area contributed by atoms with Gasteiger partial charge in [0.2, 0.25) is 0 Å². The van der Waals surface area contributed by atoms with E-state index in [-0.39, 0.29) is 119 Å². The molecule has 0 radical (unpaired) electrons. The van der Waals surface area contributed by atoms with Gasteiger partial charge in [-0.25, -0.2) is 4.90 Å². The van der Waals surface area contributed by atoms with Crippen molar-refractivity contribution in [2.24, 2.45) is 5.73 Å². The van der Waals surface area contributed by atoms with Gasteiger partial charge < -0.3 is 49.5 Å². The predicted molar refractivity (Wildman–Crippen MR) is 425 cm³/mol. The molecule has 0 saturated heterocycles. The number of aliphatic hydroxyl groups excluding tert-OH is 1. The van der Waals surface area contributed by atoms with Gasteiger partial charge in [-0.05, 0) is 163 Å². The van der Waals surface area contributed by atoms with Crippen molar-refractivity contribution in [1.29, 1.82) is 0 Å². The molecule has 117 heavy (non-hydrogen) atoms. The predicted octanol–water partition coefficient (Wildman–Crippen LogP) is 6.37. The molecule has 5 aliphatic rings. The normalized spacial score (nSPS) is 13.8. The fourth-order valence-electron chi connectivity index (χ4n) is 12.9. The van der Waals surface area contributed by atoms with Crippen LogP contribution < -0.4 is 40.5 Å². The Balaban J connectivity index is 0.000000251. The minimum absolute atomic E-state index is 0. The molecule has 0 bridgehead atoms. The zero-order chi connectivity index (χ0) is 84.3. The van der Waals surface area contributed by atoms with Crippen molar-refractivity contribution in [3.63, 3.8) is 0 Å². The summed E-state index contributed by atoms with van der Waals surface area (Å²) in [6.07, 6.45) is 9.81. The molecule has 616 valence electrons. The Morgan fingerprint density at radius 1 is 0.410 bits per heavy atom. The average Bonchev–Trinajstić information content (AvgIpc) is 1.67. The third-order valence-electron chi connectivity index (χ3n) is 18.6. The van der Waals surface area contributed by atoms with E-state index in [0.29, 0.717) is 153 Å². The first-order valence-electron chi connectivity index (χ1n) is 38.4. The Morgan fingerprint density at radius 3 is 1.03 bits per heavy atom.